The molecule has 2 fully saturated rings. The summed E-state index contributed by atoms with van der Waals surface area (Å²) in [6.45, 7) is 1.67. The lowest BCUT2D eigenvalue weighted by molar-refractivity contribution is 0.0822. The van der Waals surface area contributed by atoms with Crippen molar-refractivity contribution in [3.05, 3.63) is 64.2 Å². The van der Waals surface area contributed by atoms with Gasteiger partial charge in [-0.3, -0.25) is 4.79 Å². The van der Waals surface area contributed by atoms with Gasteiger partial charge in [0.2, 0.25) is 0 Å². The Morgan fingerprint density at radius 2 is 1.79 bits per heavy atom. The first-order chi connectivity index (χ1) is 13.5. The van der Waals surface area contributed by atoms with Crippen molar-refractivity contribution in [2.24, 2.45) is 0 Å². The number of ether oxygens (including phenoxy) is 1. The van der Waals surface area contributed by atoms with E-state index in [1.54, 1.807) is 11.0 Å². The second kappa shape index (κ2) is 7.68. The number of nitrogens with zero attached hydrogens (tertiary/aromatic N) is 1. The number of carbonyl (C=O) groups is 1. The van der Waals surface area contributed by atoms with Crippen LogP contribution in [0.3, 0.4) is 0 Å². The summed E-state index contributed by atoms with van der Waals surface area (Å²) >= 11 is 6.09. The van der Waals surface area contributed by atoms with E-state index in [2.05, 4.69) is 5.32 Å². The van der Waals surface area contributed by atoms with Crippen LogP contribution in [0.15, 0.2) is 36.4 Å². The zero-order valence-electron chi connectivity index (χ0n) is 15.3. The van der Waals surface area contributed by atoms with Crippen LogP contribution in [0.4, 0.5) is 14.5 Å². The summed E-state index contributed by atoms with van der Waals surface area (Å²) in [6.07, 6.45) is 2.48. The monoisotopic (exact) mass is 406 g/mol. The maximum Gasteiger partial charge on any atom is 0.252 e. The van der Waals surface area contributed by atoms with Crippen LogP contribution < -0.4 is 10.2 Å². The Morgan fingerprint density at radius 3 is 2.36 bits per heavy atom. The van der Waals surface area contributed by atoms with Gasteiger partial charge in [-0.2, -0.15) is 0 Å². The van der Waals surface area contributed by atoms with E-state index in [1.165, 1.54) is 0 Å². The van der Waals surface area contributed by atoms with E-state index in [0.717, 1.165) is 37.0 Å². The molecule has 1 N–H and O–H groups in total. The molecule has 2 aromatic rings. The molecule has 2 aliphatic rings. The number of halogens is 3. The Bertz CT molecular complexity index is 873. The second-order valence-corrected chi connectivity index (χ2v) is 7.72. The maximum atomic E-state index is 14.6. The van der Waals surface area contributed by atoms with Crippen molar-refractivity contribution in [1.82, 2.24) is 5.32 Å². The normalized spacial score (nSPS) is 18.5. The first-order valence-electron chi connectivity index (χ1n) is 9.39. The zero-order valence-corrected chi connectivity index (χ0v) is 16.1. The van der Waals surface area contributed by atoms with Gasteiger partial charge >= 0.3 is 0 Å². The summed E-state index contributed by atoms with van der Waals surface area (Å²) in [7, 11) is 0. The molecule has 1 heterocycles. The molecule has 7 heteroatoms. The van der Waals surface area contributed by atoms with E-state index in [1.807, 2.05) is 18.2 Å². The zero-order chi connectivity index (χ0) is 19.7. The SMILES string of the molecule is O=C(NC1(c2cccc(Cl)c2)CCC1)c1cc(F)c(N2CCOCC2)c(F)c1. The van der Waals surface area contributed by atoms with Gasteiger partial charge in [0, 0.05) is 23.7 Å². The molecule has 2 aromatic carbocycles. The third kappa shape index (κ3) is 3.59. The minimum Gasteiger partial charge on any atom is -0.378 e. The second-order valence-electron chi connectivity index (χ2n) is 7.29. The van der Waals surface area contributed by atoms with E-state index in [-0.39, 0.29) is 11.3 Å². The van der Waals surface area contributed by atoms with Gasteiger partial charge in [-0.15, -0.1) is 0 Å². The first-order valence-corrected chi connectivity index (χ1v) is 9.77. The predicted octanol–water partition coefficient (Wildman–Crippen LogP) is 4.26. The fourth-order valence-corrected chi connectivity index (χ4v) is 4.07. The van der Waals surface area contributed by atoms with E-state index in [4.69, 9.17) is 16.3 Å². The molecule has 28 heavy (non-hydrogen) atoms. The Morgan fingerprint density at radius 1 is 1.11 bits per heavy atom. The molecule has 148 valence electrons. The quantitative estimate of drug-likeness (QED) is 0.824. The third-order valence-electron chi connectivity index (χ3n) is 5.54. The summed E-state index contributed by atoms with van der Waals surface area (Å²) in [5.74, 6) is -1.97. The van der Waals surface area contributed by atoms with Crippen LogP contribution in [0.5, 0.6) is 0 Å². The molecular formula is C21H21ClF2N2O2. The Balaban J connectivity index is 1.58. The van der Waals surface area contributed by atoms with Crippen LogP contribution in [-0.2, 0) is 10.3 Å². The molecule has 1 saturated carbocycles. The van der Waals surface area contributed by atoms with Gasteiger partial charge in [-0.1, -0.05) is 23.7 Å². The Kier molecular flexibility index (Phi) is 5.25. The summed E-state index contributed by atoms with van der Waals surface area (Å²) < 4.78 is 34.5. The summed E-state index contributed by atoms with van der Waals surface area (Å²) in [4.78, 5) is 14.4. The van der Waals surface area contributed by atoms with Gasteiger partial charge in [-0.25, -0.2) is 8.78 Å². The van der Waals surface area contributed by atoms with Gasteiger partial charge in [0.25, 0.3) is 5.91 Å². The van der Waals surface area contributed by atoms with Crippen LogP contribution in [0, 0.1) is 11.6 Å². The molecule has 1 saturated heterocycles. The smallest absolute Gasteiger partial charge is 0.252 e. The third-order valence-corrected chi connectivity index (χ3v) is 5.78. The lowest BCUT2D eigenvalue weighted by Gasteiger charge is -2.43. The van der Waals surface area contributed by atoms with Gasteiger partial charge in [0.05, 0.1) is 18.8 Å². The fourth-order valence-electron chi connectivity index (χ4n) is 3.88. The van der Waals surface area contributed by atoms with Crippen molar-refractivity contribution in [2.75, 3.05) is 31.2 Å². The molecule has 4 rings (SSSR count). The molecule has 1 aliphatic carbocycles. The molecule has 4 nitrogen and oxygen atoms in total. The molecule has 0 atom stereocenters. The number of rotatable bonds is 4. The van der Waals surface area contributed by atoms with Gasteiger partial charge in [0.1, 0.15) is 17.3 Å². The maximum absolute atomic E-state index is 14.6. The lowest BCUT2D eigenvalue weighted by Crippen LogP contribution is -2.50. The largest absolute Gasteiger partial charge is 0.378 e. The van der Waals surface area contributed by atoms with Gasteiger partial charge in [0.15, 0.2) is 0 Å². The lowest BCUT2D eigenvalue weighted by atomic mass is 9.71. The van der Waals surface area contributed by atoms with Crippen molar-refractivity contribution >= 4 is 23.2 Å². The van der Waals surface area contributed by atoms with Crippen LogP contribution in [0.2, 0.25) is 5.02 Å². The minimum absolute atomic E-state index is 0.0275. The summed E-state index contributed by atoms with van der Waals surface area (Å²) in [6, 6.07) is 9.55. The minimum atomic E-state index is -0.738. The number of hydrogen-bond donors (Lipinski definition) is 1. The Hall–Kier alpha value is -2.18. The van der Waals surface area contributed by atoms with E-state index in [0.29, 0.717) is 31.3 Å². The number of benzene rings is 2. The van der Waals surface area contributed by atoms with Crippen LogP contribution in [-0.4, -0.2) is 32.2 Å². The highest BCUT2D eigenvalue weighted by Gasteiger charge is 2.40. The van der Waals surface area contributed by atoms with Crippen molar-refractivity contribution in [3.8, 4) is 0 Å². The van der Waals surface area contributed by atoms with E-state index >= 15 is 0 Å². The molecule has 0 unspecified atom stereocenters. The van der Waals surface area contributed by atoms with Crippen molar-refractivity contribution < 1.29 is 18.3 Å². The van der Waals surface area contributed by atoms with Gasteiger partial charge < -0.3 is 15.0 Å². The highest BCUT2D eigenvalue weighted by Crippen LogP contribution is 2.42. The standard InChI is InChI=1S/C21H21ClF2N2O2/c22-16-4-1-3-15(13-16)21(5-2-6-21)25-20(27)14-11-17(23)19(18(24)12-14)26-7-9-28-10-8-26/h1,3-4,11-13H,2,5-10H2,(H,25,27). The molecule has 0 spiro atoms. The average Bonchev–Trinajstić information content (AvgIpc) is 2.65. The topological polar surface area (TPSA) is 41.6 Å². The molecule has 0 radical (unpaired) electrons. The van der Waals surface area contributed by atoms with Crippen LogP contribution >= 0.6 is 11.6 Å². The highest BCUT2D eigenvalue weighted by molar-refractivity contribution is 6.30. The fraction of sp³-hybridized carbons (Fsp3) is 0.381. The number of amides is 1. The number of anilines is 1. The predicted molar refractivity (Wildman–Crippen MR) is 104 cm³/mol. The van der Waals surface area contributed by atoms with Crippen molar-refractivity contribution in [1.29, 1.82) is 0 Å². The molecular weight excluding hydrogens is 386 g/mol. The number of nitrogens with one attached hydrogen (secondary N) is 1. The van der Waals surface area contributed by atoms with Crippen LogP contribution in [0.25, 0.3) is 0 Å². The van der Waals surface area contributed by atoms with Crippen LogP contribution in [0.1, 0.15) is 35.2 Å². The van der Waals surface area contributed by atoms with E-state index in [9.17, 15) is 13.6 Å². The number of hydrogen-bond acceptors (Lipinski definition) is 3. The molecule has 1 amide bonds. The Labute approximate surface area is 167 Å². The summed E-state index contributed by atoms with van der Waals surface area (Å²) in [5, 5.41) is 3.57. The molecule has 0 bridgehead atoms. The number of morpholine rings is 1. The average molecular weight is 407 g/mol. The van der Waals surface area contributed by atoms with Crippen molar-refractivity contribution in [3.63, 3.8) is 0 Å². The number of carbonyl (C=O) groups excluding carboxylic acids is 1. The van der Waals surface area contributed by atoms with Crippen molar-refractivity contribution in [2.45, 2.75) is 24.8 Å². The van der Waals surface area contributed by atoms with E-state index < -0.39 is 23.1 Å². The van der Waals surface area contributed by atoms with Gasteiger partial charge in [-0.05, 0) is 49.1 Å². The molecule has 1 aliphatic heterocycles. The highest BCUT2D eigenvalue weighted by atomic mass is 35.5. The summed E-state index contributed by atoms with van der Waals surface area (Å²) in [5.41, 5.74) is 0.233. The first kappa shape index (κ1) is 19.2. The molecule has 0 aromatic heterocycles.